The first-order chi connectivity index (χ1) is 14.7. The molecule has 4 rings (SSSR count). The number of fused-ring (bicyclic) bond motifs is 1. The number of carbonyl (C=O) groups is 2. The molecule has 1 aliphatic heterocycles. The van der Waals surface area contributed by atoms with Crippen LogP contribution in [0.4, 0.5) is 0 Å². The molecule has 1 aliphatic rings. The van der Waals surface area contributed by atoms with Crippen molar-refractivity contribution in [3.8, 4) is 0 Å². The van der Waals surface area contributed by atoms with Crippen LogP contribution < -0.4 is 0 Å². The van der Waals surface area contributed by atoms with Crippen molar-refractivity contribution in [2.24, 2.45) is 7.05 Å². The molecule has 0 fully saturated rings. The van der Waals surface area contributed by atoms with Gasteiger partial charge in [0.15, 0.2) is 9.84 Å². The van der Waals surface area contributed by atoms with E-state index in [0.717, 1.165) is 22.5 Å². The monoisotopic (exact) mass is 445 g/mol. The summed E-state index contributed by atoms with van der Waals surface area (Å²) in [5.41, 5.74) is 3.69. The van der Waals surface area contributed by atoms with Crippen LogP contribution in [0.25, 0.3) is 0 Å². The summed E-state index contributed by atoms with van der Waals surface area (Å²) in [7, 11) is -1.38. The number of rotatable bonds is 4. The summed E-state index contributed by atoms with van der Waals surface area (Å²) in [6.07, 6.45) is 6.79. The van der Waals surface area contributed by atoms with Crippen molar-refractivity contribution < 1.29 is 23.1 Å². The van der Waals surface area contributed by atoms with Crippen molar-refractivity contribution in [1.82, 2.24) is 24.6 Å². The van der Waals surface area contributed by atoms with E-state index < -0.39 is 9.84 Å². The molecular formula is C20H23N5O5S. The number of carbonyl (C=O) groups excluding carboxylic acids is 1. The number of aryl methyl sites for hydroxylation is 1. The summed E-state index contributed by atoms with van der Waals surface area (Å²) in [6.45, 7) is 0.760. The molecule has 1 aromatic carbocycles. The Balaban J connectivity index is 0.000000858. The Morgan fingerprint density at radius 2 is 2.00 bits per heavy atom. The number of benzene rings is 1. The normalized spacial score (nSPS) is 15.5. The Hall–Kier alpha value is -3.47. The number of carboxylic acid groups (broad SMARTS) is 1. The second-order valence-corrected chi connectivity index (χ2v) is 9.25. The van der Waals surface area contributed by atoms with Crippen LogP contribution in [0, 0.1) is 0 Å². The van der Waals surface area contributed by atoms with Crippen LogP contribution in [0.15, 0.2) is 47.9 Å². The van der Waals surface area contributed by atoms with E-state index in [4.69, 9.17) is 9.90 Å². The van der Waals surface area contributed by atoms with E-state index in [1.165, 1.54) is 6.26 Å². The van der Waals surface area contributed by atoms with Crippen LogP contribution in [-0.4, -0.2) is 63.4 Å². The number of sulfone groups is 1. The lowest BCUT2D eigenvalue weighted by Gasteiger charge is -2.31. The quantitative estimate of drug-likeness (QED) is 0.571. The fourth-order valence-corrected chi connectivity index (χ4v) is 4.17. The molecule has 2 aromatic heterocycles. The van der Waals surface area contributed by atoms with E-state index in [0.29, 0.717) is 13.1 Å². The van der Waals surface area contributed by atoms with Crippen molar-refractivity contribution in [3.63, 3.8) is 0 Å². The highest BCUT2D eigenvalue weighted by Gasteiger charge is 2.32. The maximum atomic E-state index is 12.9. The average Bonchev–Trinajstić information content (AvgIpc) is 3.36. The summed E-state index contributed by atoms with van der Waals surface area (Å²) in [5.74, 6) is -0.0403. The maximum Gasteiger partial charge on any atom is 0.290 e. The highest BCUT2D eigenvalue weighted by Crippen LogP contribution is 2.31. The third kappa shape index (κ3) is 5.18. The van der Waals surface area contributed by atoms with Gasteiger partial charge in [-0.3, -0.25) is 14.3 Å². The lowest BCUT2D eigenvalue weighted by Crippen LogP contribution is -2.39. The van der Waals surface area contributed by atoms with Crippen LogP contribution in [0.1, 0.15) is 28.4 Å². The number of H-pyrrole nitrogens is 1. The molecule has 0 bridgehead atoms. The van der Waals surface area contributed by atoms with Gasteiger partial charge in [0.05, 0.1) is 41.8 Å². The van der Waals surface area contributed by atoms with Crippen LogP contribution in [0.5, 0.6) is 0 Å². The Morgan fingerprint density at radius 3 is 2.58 bits per heavy atom. The van der Waals surface area contributed by atoms with E-state index in [2.05, 4.69) is 15.1 Å². The molecule has 10 nitrogen and oxygen atoms in total. The van der Waals surface area contributed by atoms with Crippen molar-refractivity contribution in [1.29, 1.82) is 0 Å². The molecule has 0 aliphatic carbocycles. The number of nitrogens with zero attached hydrogens (tertiary/aromatic N) is 4. The van der Waals surface area contributed by atoms with Gasteiger partial charge in [-0.1, -0.05) is 12.1 Å². The maximum absolute atomic E-state index is 12.9. The SMILES string of the molecule is Cn1cc(C2CN(C(=O)Cc3ccc(S(C)(=O)=O)cc3)Cc3[nH]cnc32)cn1.O=CO. The molecule has 1 atom stereocenters. The first-order valence-corrected chi connectivity index (χ1v) is 11.3. The first-order valence-electron chi connectivity index (χ1n) is 9.38. The molecule has 2 N–H and O–H groups in total. The molecule has 0 spiro atoms. The Bertz CT molecular complexity index is 1170. The van der Waals surface area contributed by atoms with Crippen molar-refractivity contribution >= 4 is 22.2 Å². The molecule has 0 radical (unpaired) electrons. The zero-order chi connectivity index (χ0) is 22.6. The largest absolute Gasteiger partial charge is 0.483 e. The van der Waals surface area contributed by atoms with E-state index in [1.807, 2.05) is 18.1 Å². The van der Waals surface area contributed by atoms with Gasteiger partial charge in [0.25, 0.3) is 6.47 Å². The van der Waals surface area contributed by atoms with Gasteiger partial charge < -0.3 is 15.0 Å². The summed E-state index contributed by atoms with van der Waals surface area (Å²) < 4.78 is 24.9. The third-order valence-electron chi connectivity index (χ3n) is 5.02. The summed E-state index contributed by atoms with van der Waals surface area (Å²) in [6, 6.07) is 6.47. The number of aromatic nitrogens is 4. The topological polar surface area (TPSA) is 138 Å². The van der Waals surface area contributed by atoms with Crippen LogP contribution >= 0.6 is 0 Å². The molecule has 1 unspecified atom stereocenters. The minimum atomic E-state index is -3.25. The van der Waals surface area contributed by atoms with Gasteiger partial charge in [-0.2, -0.15) is 5.10 Å². The van der Waals surface area contributed by atoms with E-state index in [1.54, 1.807) is 41.5 Å². The standard InChI is InChI=1S/C19H21N5O3S.CH2O2/c1-23-9-14(8-22-23)16-10-24(11-17-19(16)21-12-20-17)18(25)7-13-3-5-15(6-4-13)28(2,26)27;2-1-3/h3-6,8-9,12,16H,7,10-11H2,1-2H3,(H,20,21);1H,(H,2,3). The first kappa shape index (κ1) is 22.2. The number of imidazole rings is 1. The summed E-state index contributed by atoms with van der Waals surface area (Å²) in [4.78, 5) is 30.9. The number of hydrogen-bond donors (Lipinski definition) is 2. The third-order valence-corrected chi connectivity index (χ3v) is 6.15. The second kappa shape index (κ2) is 9.13. The zero-order valence-electron chi connectivity index (χ0n) is 17.1. The predicted octanol–water partition coefficient (Wildman–Crippen LogP) is 0.964. The predicted molar refractivity (Wildman–Crippen MR) is 111 cm³/mol. The zero-order valence-corrected chi connectivity index (χ0v) is 17.9. The number of nitrogens with one attached hydrogen (secondary N) is 1. The van der Waals surface area contributed by atoms with Crippen LogP contribution in [0.2, 0.25) is 0 Å². The highest BCUT2D eigenvalue weighted by atomic mass is 32.2. The highest BCUT2D eigenvalue weighted by molar-refractivity contribution is 7.90. The average molecular weight is 446 g/mol. The van der Waals surface area contributed by atoms with Crippen molar-refractivity contribution in [2.75, 3.05) is 12.8 Å². The van der Waals surface area contributed by atoms with Gasteiger partial charge in [-0.15, -0.1) is 0 Å². The summed E-state index contributed by atoms with van der Waals surface area (Å²) in [5, 5.41) is 11.1. The van der Waals surface area contributed by atoms with E-state index in [9.17, 15) is 13.2 Å². The summed E-state index contributed by atoms with van der Waals surface area (Å²) >= 11 is 0. The number of aromatic amines is 1. The van der Waals surface area contributed by atoms with Gasteiger partial charge in [0.2, 0.25) is 5.91 Å². The van der Waals surface area contributed by atoms with Gasteiger partial charge in [0, 0.05) is 37.5 Å². The van der Waals surface area contributed by atoms with Gasteiger partial charge >= 0.3 is 0 Å². The lowest BCUT2D eigenvalue weighted by molar-refractivity contribution is -0.131. The Morgan fingerprint density at radius 1 is 1.32 bits per heavy atom. The van der Waals surface area contributed by atoms with Crippen molar-refractivity contribution in [3.05, 3.63) is 65.5 Å². The Kier molecular flexibility index (Phi) is 6.54. The van der Waals surface area contributed by atoms with E-state index in [-0.39, 0.29) is 29.6 Å². The smallest absolute Gasteiger partial charge is 0.290 e. The minimum absolute atomic E-state index is 0.0127. The molecule has 3 aromatic rings. The molecule has 0 saturated carbocycles. The Labute approximate surface area is 179 Å². The molecule has 1 amide bonds. The fraction of sp³-hybridized carbons (Fsp3) is 0.300. The van der Waals surface area contributed by atoms with Crippen molar-refractivity contribution in [2.45, 2.75) is 23.8 Å². The second-order valence-electron chi connectivity index (χ2n) is 7.24. The van der Waals surface area contributed by atoms with Crippen LogP contribution in [-0.2, 0) is 39.4 Å². The molecular weight excluding hydrogens is 422 g/mol. The molecule has 0 saturated heterocycles. The van der Waals surface area contributed by atoms with E-state index >= 15 is 0 Å². The number of hydrogen-bond acceptors (Lipinski definition) is 6. The minimum Gasteiger partial charge on any atom is -0.483 e. The fourth-order valence-electron chi connectivity index (χ4n) is 3.54. The van der Waals surface area contributed by atoms with Gasteiger partial charge in [0.1, 0.15) is 0 Å². The van der Waals surface area contributed by atoms with Gasteiger partial charge in [-0.25, -0.2) is 13.4 Å². The molecule has 3 heterocycles. The van der Waals surface area contributed by atoms with Crippen LogP contribution in [0.3, 0.4) is 0 Å². The molecule has 164 valence electrons. The molecule has 11 heteroatoms. The molecule has 31 heavy (non-hydrogen) atoms. The lowest BCUT2D eigenvalue weighted by atomic mass is 9.93. The number of amides is 1. The van der Waals surface area contributed by atoms with Gasteiger partial charge in [-0.05, 0) is 17.7 Å².